The Bertz CT molecular complexity index is 979. The second-order valence-electron chi connectivity index (χ2n) is 6.49. The maximum absolute atomic E-state index is 9.26. The van der Waals surface area contributed by atoms with E-state index in [4.69, 9.17) is 4.74 Å². The average Bonchev–Trinajstić information content (AvgIpc) is 2.68. The summed E-state index contributed by atoms with van der Waals surface area (Å²) in [6, 6.07) is 19.6. The summed E-state index contributed by atoms with van der Waals surface area (Å²) in [7, 11) is 0. The number of nitriles is 1. The highest BCUT2D eigenvalue weighted by Gasteiger charge is 2.12. The fourth-order valence-corrected chi connectivity index (χ4v) is 3.38. The van der Waals surface area contributed by atoms with E-state index >= 15 is 0 Å². The molecule has 2 aromatic carbocycles. The van der Waals surface area contributed by atoms with Gasteiger partial charge in [0.05, 0.1) is 17.3 Å². The van der Waals surface area contributed by atoms with E-state index in [0.29, 0.717) is 22.4 Å². The molecule has 0 saturated carbocycles. The molecule has 0 N–H and O–H groups in total. The predicted octanol–water partition coefficient (Wildman–Crippen LogP) is 5.86. The fourth-order valence-electron chi connectivity index (χ4n) is 2.51. The molecular weight excluding hydrogens is 354 g/mol. The zero-order valence-corrected chi connectivity index (χ0v) is 16.5. The molecule has 0 radical (unpaired) electrons. The Morgan fingerprint density at radius 2 is 1.81 bits per heavy atom. The normalized spacial score (nSPS) is 10.6. The third kappa shape index (κ3) is 4.87. The lowest BCUT2D eigenvalue weighted by molar-refractivity contribution is 0.449. The van der Waals surface area contributed by atoms with Crippen molar-refractivity contribution in [2.75, 3.05) is 0 Å². The summed E-state index contributed by atoms with van der Waals surface area (Å²) in [6.45, 7) is 6.20. The summed E-state index contributed by atoms with van der Waals surface area (Å²) in [4.78, 5) is 9.23. The smallest absolute Gasteiger partial charge is 0.223 e. The van der Waals surface area contributed by atoms with Crippen molar-refractivity contribution in [3.05, 3.63) is 77.0 Å². The summed E-state index contributed by atoms with van der Waals surface area (Å²) in [5.41, 5.74) is 3.65. The summed E-state index contributed by atoms with van der Waals surface area (Å²) < 4.78 is 6.02. The van der Waals surface area contributed by atoms with Crippen molar-refractivity contribution in [2.45, 2.75) is 37.6 Å². The first-order chi connectivity index (χ1) is 13.1. The fraction of sp³-hybridized carbons (Fsp3) is 0.227. The monoisotopic (exact) mass is 375 g/mol. The standard InChI is InChI=1S/C22H21N3OS/c1-15(2)19-12-21(26-20-11-7-4-8-16(20)3)25-22(24-19)27-14-18-10-6-5-9-17(18)13-23/h4-12,15H,14H2,1-3H3. The van der Waals surface area contributed by atoms with Crippen LogP contribution in [0.5, 0.6) is 11.6 Å². The number of aromatic nitrogens is 2. The molecule has 0 aliphatic heterocycles. The van der Waals surface area contributed by atoms with E-state index in [-0.39, 0.29) is 5.92 Å². The molecule has 0 amide bonds. The van der Waals surface area contributed by atoms with Crippen molar-refractivity contribution in [3.8, 4) is 17.7 Å². The second kappa shape index (κ2) is 8.70. The Balaban J connectivity index is 1.85. The number of hydrogen-bond donors (Lipinski definition) is 0. The molecule has 0 aliphatic carbocycles. The highest BCUT2D eigenvalue weighted by molar-refractivity contribution is 7.98. The van der Waals surface area contributed by atoms with Crippen LogP contribution >= 0.6 is 11.8 Å². The molecule has 0 bridgehead atoms. The van der Waals surface area contributed by atoms with Crippen molar-refractivity contribution in [2.24, 2.45) is 0 Å². The number of nitrogens with zero attached hydrogens (tertiary/aromatic N) is 3. The zero-order chi connectivity index (χ0) is 19.2. The van der Waals surface area contributed by atoms with E-state index < -0.39 is 0 Å². The SMILES string of the molecule is Cc1ccccc1Oc1cc(C(C)C)nc(SCc2ccccc2C#N)n1. The van der Waals surface area contributed by atoms with Gasteiger partial charge in [0, 0.05) is 11.8 Å². The molecule has 5 heteroatoms. The van der Waals surface area contributed by atoms with Crippen LogP contribution in [-0.2, 0) is 5.75 Å². The molecule has 0 spiro atoms. The highest BCUT2D eigenvalue weighted by Crippen LogP contribution is 2.29. The molecule has 136 valence electrons. The van der Waals surface area contributed by atoms with E-state index in [1.165, 1.54) is 11.8 Å². The molecule has 4 nitrogen and oxygen atoms in total. The minimum atomic E-state index is 0.262. The lowest BCUT2D eigenvalue weighted by Crippen LogP contribution is -2.00. The van der Waals surface area contributed by atoms with E-state index in [1.807, 2.05) is 61.5 Å². The minimum absolute atomic E-state index is 0.262. The van der Waals surface area contributed by atoms with Crippen molar-refractivity contribution < 1.29 is 4.74 Å². The molecule has 3 aromatic rings. The lowest BCUT2D eigenvalue weighted by Gasteiger charge is -2.12. The van der Waals surface area contributed by atoms with Gasteiger partial charge < -0.3 is 4.74 Å². The number of ether oxygens (including phenoxy) is 1. The van der Waals surface area contributed by atoms with Gasteiger partial charge in [-0.25, -0.2) is 4.98 Å². The van der Waals surface area contributed by atoms with Gasteiger partial charge in [-0.3, -0.25) is 0 Å². The highest BCUT2D eigenvalue weighted by atomic mass is 32.2. The van der Waals surface area contributed by atoms with Gasteiger partial charge in [0.15, 0.2) is 5.16 Å². The topological polar surface area (TPSA) is 58.8 Å². The molecule has 0 saturated heterocycles. The van der Waals surface area contributed by atoms with Crippen LogP contribution in [0.25, 0.3) is 0 Å². The van der Waals surface area contributed by atoms with Gasteiger partial charge in [0.25, 0.3) is 0 Å². The van der Waals surface area contributed by atoms with Gasteiger partial charge in [-0.05, 0) is 36.1 Å². The van der Waals surface area contributed by atoms with Crippen LogP contribution in [0.15, 0.2) is 59.8 Å². The second-order valence-corrected chi connectivity index (χ2v) is 7.44. The van der Waals surface area contributed by atoms with Crippen LogP contribution < -0.4 is 4.74 Å². The minimum Gasteiger partial charge on any atom is -0.439 e. The van der Waals surface area contributed by atoms with Crippen LogP contribution in [0.4, 0.5) is 0 Å². The zero-order valence-electron chi connectivity index (χ0n) is 15.6. The number of rotatable bonds is 6. The molecule has 0 atom stereocenters. The van der Waals surface area contributed by atoms with E-state index in [2.05, 4.69) is 29.9 Å². The Labute approximate surface area is 164 Å². The summed E-state index contributed by atoms with van der Waals surface area (Å²) >= 11 is 1.51. The van der Waals surface area contributed by atoms with E-state index in [9.17, 15) is 5.26 Å². The Kier molecular flexibility index (Phi) is 6.10. The molecule has 1 aromatic heterocycles. The Morgan fingerprint density at radius 1 is 1.07 bits per heavy atom. The van der Waals surface area contributed by atoms with Crippen LogP contribution in [-0.4, -0.2) is 9.97 Å². The maximum atomic E-state index is 9.26. The number of aryl methyl sites for hydroxylation is 1. The van der Waals surface area contributed by atoms with Crippen LogP contribution in [0.3, 0.4) is 0 Å². The first-order valence-electron chi connectivity index (χ1n) is 8.80. The van der Waals surface area contributed by atoms with Gasteiger partial charge in [-0.1, -0.05) is 62.0 Å². The maximum Gasteiger partial charge on any atom is 0.223 e. The summed E-state index contributed by atoms with van der Waals surface area (Å²) in [6.07, 6.45) is 0. The number of para-hydroxylation sites is 1. The first kappa shape index (κ1) is 18.9. The van der Waals surface area contributed by atoms with Gasteiger partial charge in [0.1, 0.15) is 5.75 Å². The van der Waals surface area contributed by atoms with Crippen molar-refractivity contribution in [1.29, 1.82) is 5.26 Å². The van der Waals surface area contributed by atoms with Crippen molar-refractivity contribution >= 4 is 11.8 Å². The Hall–Kier alpha value is -2.84. The molecule has 0 aliphatic rings. The largest absolute Gasteiger partial charge is 0.439 e. The van der Waals surface area contributed by atoms with Crippen molar-refractivity contribution in [1.82, 2.24) is 9.97 Å². The number of hydrogen-bond acceptors (Lipinski definition) is 5. The van der Waals surface area contributed by atoms with Gasteiger partial charge in [-0.15, -0.1) is 0 Å². The molecule has 3 rings (SSSR count). The Morgan fingerprint density at radius 3 is 2.56 bits per heavy atom. The van der Waals surface area contributed by atoms with Gasteiger partial charge in [-0.2, -0.15) is 10.2 Å². The predicted molar refractivity (Wildman–Crippen MR) is 108 cm³/mol. The summed E-state index contributed by atoms with van der Waals surface area (Å²) in [5.74, 6) is 2.23. The average molecular weight is 375 g/mol. The third-order valence-corrected chi connectivity index (χ3v) is 4.99. The number of thioether (sulfide) groups is 1. The molecular formula is C22H21N3OS. The molecule has 27 heavy (non-hydrogen) atoms. The van der Waals surface area contributed by atoms with Crippen LogP contribution in [0, 0.1) is 18.3 Å². The van der Waals surface area contributed by atoms with Crippen molar-refractivity contribution in [3.63, 3.8) is 0 Å². The third-order valence-electron chi connectivity index (χ3n) is 4.10. The van der Waals surface area contributed by atoms with E-state index in [0.717, 1.165) is 22.6 Å². The van der Waals surface area contributed by atoms with Gasteiger partial charge in [0.2, 0.25) is 5.88 Å². The first-order valence-corrected chi connectivity index (χ1v) is 9.78. The van der Waals surface area contributed by atoms with Crippen LogP contribution in [0.1, 0.15) is 42.1 Å². The van der Waals surface area contributed by atoms with E-state index in [1.54, 1.807) is 0 Å². The van der Waals surface area contributed by atoms with Gasteiger partial charge >= 0.3 is 0 Å². The quantitative estimate of drug-likeness (QED) is 0.399. The number of benzene rings is 2. The molecule has 0 unspecified atom stereocenters. The molecule has 0 fully saturated rings. The molecule has 1 heterocycles. The van der Waals surface area contributed by atoms with Crippen LogP contribution in [0.2, 0.25) is 0 Å². The lowest BCUT2D eigenvalue weighted by atomic mass is 10.1. The summed E-state index contributed by atoms with van der Waals surface area (Å²) in [5, 5.41) is 9.91.